The molecule has 130 valence electrons. The van der Waals surface area contributed by atoms with Gasteiger partial charge in [-0.1, -0.05) is 23.7 Å². The molecule has 0 spiro atoms. The number of carbonyl (C=O) groups is 2. The minimum Gasteiger partial charge on any atom is -0.486 e. The fourth-order valence-corrected chi connectivity index (χ4v) is 3.43. The van der Waals surface area contributed by atoms with Crippen LogP contribution in [0, 0.1) is 0 Å². The molecular weight excluding hydrogens is 410 g/mol. The van der Waals surface area contributed by atoms with Crippen molar-refractivity contribution in [1.29, 1.82) is 0 Å². The second-order valence-electron chi connectivity index (χ2n) is 5.57. The van der Waals surface area contributed by atoms with Crippen LogP contribution in [0.3, 0.4) is 0 Å². The van der Waals surface area contributed by atoms with Crippen LogP contribution in [0.15, 0.2) is 40.9 Å². The van der Waals surface area contributed by atoms with Crippen LogP contribution in [0.4, 0.5) is 0 Å². The van der Waals surface area contributed by atoms with Crippen molar-refractivity contribution in [2.45, 2.75) is 12.5 Å². The first-order chi connectivity index (χ1) is 12.0. The van der Waals surface area contributed by atoms with Gasteiger partial charge in [-0.05, 0) is 40.2 Å². The number of fused-ring (bicyclic) bond motifs is 1. The molecule has 0 bridgehead atoms. The Labute approximate surface area is 158 Å². The van der Waals surface area contributed by atoms with Crippen LogP contribution in [0.1, 0.15) is 26.3 Å². The van der Waals surface area contributed by atoms with E-state index >= 15 is 0 Å². The molecule has 25 heavy (non-hydrogen) atoms. The van der Waals surface area contributed by atoms with Crippen molar-refractivity contribution in [3.05, 3.63) is 62.6 Å². The zero-order valence-electron chi connectivity index (χ0n) is 13.3. The smallest absolute Gasteiger partial charge is 0.337 e. The summed E-state index contributed by atoms with van der Waals surface area (Å²) >= 11 is 9.55. The molecule has 0 saturated heterocycles. The standard InChI is InChI=1S/C18H15BrClNO4/c1-24-18(23)11-6-10-7-12(25-16(10)15(20)8-11)9-21-17(22)13-4-2-3-5-14(13)19/h2-6,8,12H,7,9H2,1H3,(H,21,22). The maximum absolute atomic E-state index is 12.3. The third kappa shape index (κ3) is 3.80. The molecule has 1 N–H and O–H groups in total. The lowest BCUT2D eigenvalue weighted by molar-refractivity contribution is 0.0600. The number of rotatable bonds is 4. The second-order valence-corrected chi connectivity index (χ2v) is 6.83. The second kappa shape index (κ2) is 7.45. The molecule has 1 unspecified atom stereocenters. The Kier molecular flexibility index (Phi) is 5.30. The minimum atomic E-state index is -0.449. The summed E-state index contributed by atoms with van der Waals surface area (Å²) in [5.41, 5.74) is 1.77. The van der Waals surface area contributed by atoms with Crippen LogP contribution in [0.2, 0.25) is 5.02 Å². The van der Waals surface area contributed by atoms with Crippen molar-refractivity contribution in [2.24, 2.45) is 0 Å². The van der Waals surface area contributed by atoms with Crippen molar-refractivity contribution in [3.63, 3.8) is 0 Å². The number of benzene rings is 2. The SMILES string of the molecule is COC(=O)c1cc(Cl)c2c(c1)CC(CNC(=O)c1ccccc1Br)O2. The quantitative estimate of drug-likeness (QED) is 0.761. The van der Waals surface area contributed by atoms with Crippen molar-refractivity contribution < 1.29 is 19.1 Å². The largest absolute Gasteiger partial charge is 0.486 e. The summed E-state index contributed by atoms with van der Waals surface area (Å²) in [6.07, 6.45) is 0.308. The summed E-state index contributed by atoms with van der Waals surface area (Å²) in [4.78, 5) is 23.9. The lowest BCUT2D eigenvalue weighted by Gasteiger charge is -2.13. The van der Waals surface area contributed by atoms with Gasteiger partial charge in [0, 0.05) is 16.5 Å². The molecular formula is C18H15BrClNO4. The van der Waals surface area contributed by atoms with Gasteiger partial charge in [0.1, 0.15) is 11.9 Å². The Morgan fingerprint density at radius 1 is 1.36 bits per heavy atom. The summed E-state index contributed by atoms with van der Waals surface area (Å²) in [6.45, 7) is 0.332. The zero-order chi connectivity index (χ0) is 18.0. The molecule has 0 fully saturated rings. The average Bonchev–Trinajstić information content (AvgIpc) is 3.03. The highest BCUT2D eigenvalue weighted by atomic mass is 79.9. The Morgan fingerprint density at radius 3 is 2.84 bits per heavy atom. The molecule has 5 nitrogen and oxygen atoms in total. The number of amides is 1. The zero-order valence-corrected chi connectivity index (χ0v) is 15.7. The molecule has 3 rings (SSSR count). The number of hydrogen-bond acceptors (Lipinski definition) is 4. The minimum absolute atomic E-state index is 0.187. The van der Waals surface area contributed by atoms with Gasteiger partial charge >= 0.3 is 5.97 Å². The number of carbonyl (C=O) groups excluding carboxylic acids is 2. The maximum atomic E-state index is 12.3. The van der Waals surface area contributed by atoms with Crippen LogP contribution < -0.4 is 10.1 Å². The topological polar surface area (TPSA) is 64.6 Å². The molecule has 0 aromatic heterocycles. The molecule has 1 amide bonds. The van der Waals surface area contributed by atoms with Gasteiger partial charge in [-0.15, -0.1) is 0 Å². The van der Waals surface area contributed by atoms with E-state index in [2.05, 4.69) is 21.2 Å². The third-order valence-corrected chi connectivity index (χ3v) is 4.85. The Balaban J connectivity index is 1.66. The van der Waals surface area contributed by atoms with Gasteiger partial charge in [-0.25, -0.2) is 4.79 Å². The number of hydrogen-bond donors (Lipinski definition) is 1. The Hall–Kier alpha value is -2.05. The van der Waals surface area contributed by atoms with E-state index in [0.29, 0.717) is 34.9 Å². The fourth-order valence-electron chi connectivity index (χ4n) is 2.68. The molecule has 1 aliphatic rings. The van der Waals surface area contributed by atoms with E-state index in [1.807, 2.05) is 12.1 Å². The maximum Gasteiger partial charge on any atom is 0.337 e. The van der Waals surface area contributed by atoms with Gasteiger partial charge in [0.25, 0.3) is 5.91 Å². The van der Waals surface area contributed by atoms with Crippen LogP contribution in [0.5, 0.6) is 5.75 Å². The van der Waals surface area contributed by atoms with Gasteiger partial charge < -0.3 is 14.8 Å². The highest BCUT2D eigenvalue weighted by Crippen LogP contribution is 2.37. The monoisotopic (exact) mass is 423 g/mol. The van der Waals surface area contributed by atoms with Crippen LogP contribution >= 0.6 is 27.5 Å². The predicted octanol–water partition coefficient (Wildman–Crippen LogP) is 3.62. The molecule has 0 aliphatic carbocycles. The van der Waals surface area contributed by atoms with E-state index in [9.17, 15) is 9.59 Å². The van der Waals surface area contributed by atoms with E-state index in [1.54, 1.807) is 18.2 Å². The van der Waals surface area contributed by atoms with Gasteiger partial charge in [0.05, 0.1) is 29.8 Å². The molecule has 0 saturated carbocycles. The number of nitrogens with one attached hydrogen (secondary N) is 1. The van der Waals surface area contributed by atoms with Crippen molar-refractivity contribution in [2.75, 3.05) is 13.7 Å². The highest BCUT2D eigenvalue weighted by Gasteiger charge is 2.27. The summed E-state index contributed by atoms with van der Waals surface area (Å²) in [5.74, 6) is -0.0850. The fraction of sp³-hybridized carbons (Fsp3) is 0.222. The lowest BCUT2D eigenvalue weighted by Crippen LogP contribution is -2.34. The van der Waals surface area contributed by atoms with E-state index < -0.39 is 5.97 Å². The van der Waals surface area contributed by atoms with Crippen LogP contribution in [-0.4, -0.2) is 31.6 Å². The molecule has 1 heterocycles. The molecule has 7 heteroatoms. The van der Waals surface area contributed by atoms with E-state index in [4.69, 9.17) is 21.1 Å². The summed E-state index contributed by atoms with van der Waals surface area (Å²) < 4.78 is 11.3. The number of esters is 1. The Morgan fingerprint density at radius 2 is 2.12 bits per heavy atom. The van der Waals surface area contributed by atoms with Crippen molar-refractivity contribution >= 4 is 39.4 Å². The molecule has 2 aromatic rings. The summed E-state index contributed by atoms with van der Waals surface area (Å²) in [6, 6.07) is 10.4. The predicted molar refractivity (Wildman–Crippen MR) is 97.4 cm³/mol. The van der Waals surface area contributed by atoms with E-state index in [0.717, 1.165) is 10.0 Å². The van der Waals surface area contributed by atoms with Crippen LogP contribution in [-0.2, 0) is 11.2 Å². The van der Waals surface area contributed by atoms with Gasteiger partial charge in [0.2, 0.25) is 0 Å². The number of halogens is 2. The number of methoxy groups -OCH3 is 1. The van der Waals surface area contributed by atoms with Crippen molar-refractivity contribution in [1.82, 2.24) is 5.32 Å². The van der Waals surface area contributed by atoms with Crippen LogP contribution in [0.25, 0.3) is 0 Å². The first kappa shape index (κ1) is 17.8. The number of ether oxygens (including phenoxy) is 2. The van der Waals surface area contributed by atoms with Gasteiger partial charge in [-0.3, -0.25) is 4.79 Å². The average molecular weight is 425 g/mol. The first-order valence-corrected chi connectivity index (χ1v) is 8.77. The Bertz CT molecular complexity index is 840. The van der Waals surface area contributed by atoms with Crippen molar-refractivity contribution in [3.8, 4) is 5.75 Å². The summed E-state index contributed by atoms with van der Waals surface area (Å²) in [7, 11) is 1.32. The highest BCUT2D eigenvalue weighted by molar-refractivity contribution is 9.10. The summed E-state index contributed by atoms with van der Waals surface area (Å²) in [5, 5.41) is 3.21. The molecule has 1 atom stereocenters. The molecule has 1 aliphatic heterocycles. The molecule has 2 aromatic carbocycles. The normalized spacial score (nSPS) is 15.2. The van der Waals surface area contributed by atoms with Gasteiger partial charge in [0.15, 0.2) is 0 Å². The lowest BCUT2D eigenvalue weighted by atomic mass is 10.1. The molecule has 0 radical (unpaired) electrons. The van der Waals surface area contributed by atoms with E-state index in [-0.39, 0.29) is 12.0 Å². The first-order valence-electron chi connectivity index (χ1n) is 7.59. The van der Waals surface area contributed by atoms with Gasteiger partial charge in [-0.2, -0.15) is 0 Å². The van der Waals surface area contributed by atoms with E-state index in [1.165, 1.54) is 13.2 Å². The third-order valence-electron chi connectivity index (χ3n) is 3.88.